The fourth-order valence-corrected chi connectivity index (χ4v) is 3.75. The van der Waals surface area contributed by atoms with E-state index in [0.717, 1.165) is 29.2 Å². The summed E-state index contributed by atoms with van der Waals surface area (Å²) < 4.78 is 5.46. The lowest BCUT2D eigenvalue weighted by Gasteiger charge is -2.33. The number of fused-ring (bicyclic) bond motifs is 1. The smallest absolute Gasteiger partial charge is 0.410 e. The molecule has 2 unspecified atom stereocenters. The van der Waals surface area contributed by atoms with Crippen LogP contribution in [0.15, 0.2) is 36.4 Å². The number of ketones is 1. The molecule has 2 atom stereocenters. The Hall–Kier alpha value is -2.40. The highest BCUT2D eigenvalue weighted by atomic mass is 16.6. The summed E-state index contributed by atoms with van der Waals surface area (Å²) in [6.07, 6.45) is 0.483. The fraction of sp³-hybridized carbons (Fsp3) is 0.478. The van der Waals surface area contributed by atoms with Crippen molar-refractivity contribution in [3.05, 3.63) is 47.5 Å². The van der Waals surface area contributed by atoms with Gasteiger partial charge in [-0.05, 0) is 69.0 Å². The van der Waals surface area contributed by atoms with Crippen molar-refractivity contribution < 1.29 is 19.4 Å². The number of hydrogen-bond donors (Lipinski definition) is 1. The third-order valence-corrected chi connectivity index (χ3v) is 5.07. The summed E-state index contributed by atoms with van der Waals surface area (Å²) in [6.45, 7) is 8.19. The third kappa shape index (κ3) is 4.53. The Morgan fingerprint density at radius 2 is 1.93 bits per heavy atom. The lowest BCUT2D eigenvalue weighted by atomic mass is 9.87. The monoisotopic (exact) mass is 383 g/mol. The van der Waals surface area contributed by atoms with Crippen molar-refractivity contribution in [3.8, 4) is 0 Å². The van der Waals surface area contributed by atoms with Gasteiger partial charge in [0.25, 0.3) is 0 Å². The van der Waals surface area contributed by atoms with Crippen LogP contribution < -0.4 is 0 Å². The standard InChI is InChI=1S/C23H29NO4/c1-15(25)20-13-18(12-16-8-5-6-10-19(16)20)21(26)17-9-7-11-24(14-17)22(27)28-23(2,3)4/h5-6,8,10,12-13,15,17,25H,7,9,11,14H2,1-4H3. The molecule has 0 aliphatic carbocycles. The molecule has 150 valence electrons. The van der Waals surface area contributed by atoms with E-state index in [-0.39, 0.29) is 17.8 Å². The molecule has 0 saturated carbocycles. The number of Topliss-reactive ketones (excluding diaryl/α,β-unsaturated/α-hetero) is 1. The highest BCUT2D eigenvalue weighted by Gasteiger charge is 2.31. The zero-order valence-corrected chi connectivity index (χ0v) is 17.1. The lowest BCUT2D eigenvalue weighted by Crippen LogP contribution is -2.44. The molecule has 1 saturated heterocycles. The molecule has 1 fully saturated rings. The second-order valence-electron chi connectivity index (χ2n) is 8.59. The van der Waals surface area contributed by atoms with Crippen LogP contribution in [0.5, 0.6) is 0 Å². The molecule has 2 aromatic rings. The van der Waals surface area contributed by atoms with Crippen molar-refractivity contribution >= 4 is 22.6 Å². The number of ether oxygens (including phenoxy) is 1. The Labute approximate surface area is 166 Å². The maximum atomic E-state index is 13.2. The molecule has 1 aliphatic heterocycles. The van der Waals surface area contributed by atoms with Crippen LogP contribution >= 0.6 is 0 Å². The van der Waals surface area contributed by atoms with Crippen molar-refractivity contribution in [2.24, 2.45) is 5.92 Å². The van der Waals surface area contributed by atoms with Gasteiger partial charge in [-0.15, -0.1) is 0 Å². The Morgan fingerprint density at radius 3 is 2.61 bits per heavy atom. The number of rotatable bonds is 3. The van der Waals surface area contributed by atoms with Crippen LogP contribution in [0.25, 0.3) is 10.8 Å². The first-order chi connectivity index (χ1) is 13.2. The van der Waals surface area contributed by atoms with E-state index in [2.05, 4.69) is 0 Å². The molecule has 5 heteroatoms. The first kappa shape index (κ1) is 20.3. The molecule has 1 aliphatic rings. The van der Waals surface area contributed by atoms with E-state index in [4.69, 9.17) is 4.74 Å². The molecule has 28 heavy (non-hydrogen) atoms. The lowest BCUT2D eigenvalue weighted by molar-refractivity contribution is 0.0172. The summed E-state index contributed by atoms with van der Waals surface area (Å²) in [5, 5.41) is 12.1. The van der Waals surface area contributed by atoms with Crippen molar-refractivity contribution in [1.29, 1.82) is 0 Å². The van der Waals surface area contributed by atoms with Crippen LogP contribution in [-0.2, 0) is 4.74 Å². The average Bonchev–Trinajstić information content (AvgIpc) is 2.65. The van der Waals surface area contributed by atoms with Crippen molar-refractivity contribution in [2.45, 2.75) is 52.2 Å². The molecule has 5 nitrogen and oxygen atoms in total. The van der Waals surface area contributed by atoms with Gasteiger partial charge in [0.1, 0.15) is 5.60 Å². The number of piperidine rings is 1. The van der Waals surface area contributed by atoms with Gasteiger partial charge >= 0.3 is 6.09 Å². The van der Waals surface area contributed by atoms with E-state index in [1.165, 1.54) is 0 Å². The molecule has 0 aromatic heterocycles. The Kier molecular flexibility index (Phi) is 5.75. The quantitative estimate of drug-likeness (QED) is 0.779. The van der Waals surface area contributed by atoms with Gasteiger partial charge in [0.2, 0.25) is 0 Å². The molecule has 2 aromatic carbocycles. The van der Waals surface area contributed by atoms with E-state index in [1.54, 1.807) is 17.9 Å². The minimum absolute atomic E-state index is 0.0147. The van der Waals surface area contributed by atoms with Crippen molar-refractivity contribution in [1.82, 2.24) is 4.90 Å². The van der Waals surface area contributed by atoms with E-state index in [9.17, 15) is 14.7 Å². The topological polar surface area (TPSA) is 66.8 Å². The number of aliphatic hydroxyl groups excluding tert-OH is 1. The van der Waals surface area contributed by atoms with E-state index in [1.807, 2.05) is 51.1 Å². The molecule has 0 bridgehead atoms. The number of amides is 1. The predicted octanol–water partition coefficient (Wildman–Crippen LogP) is 4.72. The largest absolute Gasteiger partial charge is 0.444 e. The summed E-state index contributed by atoms with van der Waals surface area (Å²) in [4.78, 5) is 27.2. The number of carbonyl (C=O) groups is 2. The first-order valence-corrected chi connectivity index (χ1v) is 9.88. The van der Waals surface area contributed by atoms with Crippen LogP contribution in [0.1, 0.15) is 62.6 Å². The maximum absolute atomic E-state index is 13.2. The molecule has 1 N–H and O–H groups in total. The average molecular weight is 383 g/mol. The number of carbonyl (C=O) groups excluding carboxylic acids is 2. The molecular formula is C23H29NO4. The second kappa shape index (κ2) is 7.92. The predicted molar refractivity (Wildman–Crippen MR) is 109 cm³/mol. The highest BCUT2D eigenvalue weighted by Crippen LogP contribution is 2.29. The van der Waals surface area contributed by atoms with E-state index in [0.29, 0.717) is 18.7 Å². The van der Waals surface area contributed by atoms with Gasteiger partial charge in [0.15, 0.2) is 5.78 Å². The highest BCUT2D eigenvalue weighted by molar-refractivity contribution is 6.02. The summed E-state index contributed by atoms with van der Waals surface area (Å²) in [5.41, 5.74) is 0.783. The number of aliphatic hydroxyl groups is 1. The molecule has 3 rings (SSSR count). The summed E-state index contributed by atoms with van der Waals surface area (Å²) in [5.74, 6) is -0.245. The molecule has 0 spiro atoms. The normalized spacial score (nSPS) is 18.8. The van der Waals surface area contributed by atoms with Gasteiger partial charge in [-0.1, -0.05) is 24.3 Å². The van der Waals surface area contributed by atoms with Gasteiger partial charge in [-0.2, -0.15) is 0 Å². The van der Waals surface area contributed by atoms with Gasteiger partial charge in [-0.3, -0.25) is 4.79 Å². The Balaban J connectivity index is 1.84. The Bertz CT molecular complexity index is 882. The van der Waals surface area contributed by atoms with Gasteiger partial charge < -0.3 is 14.7 Å². The van der Waals surface area contributed by atoms with Crippen LogP contribution in [0.3, 0.4) is 0 Å². The minimum Gasteiger partial charge on any atom is -0.444 e. The Morgan fingerprint density at radius 1 is 1.21 bits per heavy atom. The second-order valence-corrected chi connectivity index (χ2v) is 8.59. The first-order valence-electron chi connectivity index (χ1n) is 9.88. The zero-order chi connectivity index (χ0) is 20.5. The summed E-state index contributed by atoms with van der Waals surface area (Å²) in [6, 6.07) is 11.4. The van der Waals surface area contributed by atoms with E-state index >= 15 is 0 Å². The SMILES string of the molecule is CC(O)c1cc(C(=O)C2CCCN(C(=O)OC(C)(C)C)C2)cc2ccccc12. The maximum Gasteiger partial charge on any atom is 0.410 e. The van der Waals surface area contributed by atoms with Crippen molar-refractivity contribution in [3.63, 3.8) is 0 Å². The van der Waals surface area contributed by atoms with Crippen molar-refractivity contribution in [2.75, 3.05) is 13.1 Å². The number of nitrogens with zero attached hydrogens (tertiary/aromatic N) is 1. The van der Waals surface area contributed by atoms with Crippen LogP contribution in [-0.4, -0.2) is 40.6 Å². The molecule has 1 heterocycles. The van der Waals surface area contributed by atoms with Gasteiger partial charge in [0.05, 0.1) is 6.10 Å². The zero-order valence-electron chi connectivity index (χ0n) is 17.1. The molecule has 0 radical (unpaired) electrons. The fourth-order valence-electron chi connectivity index (χ4n) is 3.75. The van der Waals surface area contributed by atoms with Crippen LogP contribution in [0.2, 0.25) is 0 Å². The number of likely N-dealkylation sites (tertiary alicyclic amines) is 1. The number of hydrogen-bond acceptors (Lipinski definition) is 4. The third-order valence-electron chi connectivity index (χ3n) is 5.07. The minimum atomic E-state index is -0.665. The molecule has 1 amide bonds. The summed E-state index contributed by atoms with van der Waals surface area (Å²) >= 11 is 0. The van der Waals surface area contributed by atoms with Gasteiger partial charge in [-0.25, -0.2) is 4.79 Å². The van der Waals surface area contributed by atoms with Gasteiger partial charge in [0, 0.05) is 24.6 Å². The van der Waals surface area contributed by atoms with Crippen LogP contribution in [0, 0.1) is 5.92 Å². The van der Waals surface area contributed by atoms with E-state index < -0.39 is 11.7 Å². The van der Waals surface area contributed by atoms with Crippen LogP contribution in [0.4, 0.5) is 4.79 Å². The summed E-state index contributed by atoms with van der Waals surface area (Å²) in [7, 11) is 0. The number of benzene rings is 2. The molecular weight excluding hydrogens is 354 g/mol.